The molecule has 184 valence electrons. The first-order valence-corrected chi connectivity index (χ1v) is 16.7. The van der Waals surface area contributed by atoms with Crippen molar-refractivity contribution >= 4 is 24.2 Å². The largest absolute Gasteiger partial charge is 0.248 e. The molecular weight excluding hydrogens is 474 g/mol. The minimum absolute atomic E-state index is 1.00. The fraction of sp³-hybridized carbons (Fsp3) is 0.0833. The molecule has 0 aliphatic carbocycles. The Hall–Kier alpha value is -4.27. The van der Waals surface area contributed by atoms with E-state index in [1.165, 1.54) is 44.0 Å². The van der Waals surface area contributed by atoms with E-state index in [1.807, 2.05) is 12.1 Å². The molecule has 1 nitrogen and oxygen atoms in total. The SMILES string of the molecule is C[Si](C)(C)c1cccc(-c2ccc(-c3ccc(-c4ccc(-c5ccc6ccccc6n5)cc4)cc3)cc2)c1. The lowest BCUT2D eigenvalue weighted by Crippen LogP contribution is -2.37. The van der Waals surface area contributed by atoms with E-state index >= 15 is 0 Å². The fourth-order valence-corrected chi connectivity index (χ4v) is 6.12. The molecule has 0 aliphatic rings. The second-order valence-corrected chi connectivity index (χ2v) is 16.0. The van der Waals surface area contributed by atoms with Crippen LogP contribution in [0.2, 0.25) is 19.6 Å². The van der Waals surface area contributed by atoms with Crippen LogP contribution in [0.5, 0.6) is 0 Å². The highest BCUT2D eigenvalue weighted by molar-refractivity contribution is 6.88. The maximum Gasteiger partial charge on any atom is 0.0776 e. The number of hydrogen-bond acceptors (Lipinski definition) is 1. The zero-order valence-corrected chi connectivity index (χ0v) is 23.1. The van der Waals surface area contributed by atoms with Crippen LogP contribution in [-0.2, 0) is 0 Å². The molecule has 6 aromatic rings. The summed E-state index contributed by atoms with van der Waals surface area (Å²) in [5, 5.41) is 2.66. The summed E-state index contributed by atoms with van der Waals surface area (Å²) < 4.78 is 0. The minimum Gasteiger partial charge on any atom is -0.248 e. The summed E-state index contributed by atoms with van der Waals surface area (Å²) in [5.74, 6) is 0. The molecule has 0 radical (unpaired) electrons. The van der Waals surface area contributed by atoms with Crippen LogP contribution < -0.4 is 5.19 Å². The molecule has 0 atom stereocenters. The van der Waals surface area contributed by atoms with Gasteiger partial charge in [0.1, 0.15) is 0 Å². The van der Waals surface area contributed by atoms with Gasteiger partial charge in [0, 0.05) is 10.9 Å². The van der Waals surface area contributed by atoms with Crippen LogP contribution >= 0.6 is 0 Å². The molecule has 2 heteroatoms. The Morgan fingerprint density at radius 1 is 0.421 bits per heavy atom. The van der Waals surface area contributed by atoms with Crippen LogP contribution in [0, 0.1) is 0 Å². The molecule has 0 saturated carbocycles. The molecule has 5 aromatic carbocycles. The zero-order valence-electron chi connectivity index (χ0n) is 22.1. The molecule has 1 aromatic heterocycles. The molecule has 0 spiro atoms. The third-order valence-corrected chi connectivity index (χ3v) is 9.32. The number of fused-ring (bicyclic) bond motifs is 1. The summed E-state index contributed by atoms with van der Waals surface area (Å²) in [6.45, 7) is 7.19. The molecule has 0 amide bonds. The van der Waals surface area contributed by atoms with E-state index in [-0.39, 0.29) is 0 Å². The normalized spacial score (nSPS) is 11.6. The number of rotatable bonds is 5. The fourth-order valence-electron chi connectivity index (χ4n) is 4.94. The molecule has 0 bridgehead atoms. The molecule has 38 heavy (non-hydrogen) atoms. The molecule has 1 heterocycles. The molecule has 0 aliphatic heterocycles. The van der Waals surface area contributed by atoms with Gasteiger partial charge >= 0.3 is 0 Å². The maximum atomic E-state index is 4.84. The van der Waals surface area contributed by atoms with Gasteiger partial charge in [-0.15, -0.1) is 0 Å². The molecule has 0 fully saturated rings. The maximum absolute atomic E-state index is 4.84. The molecular formula is C36H31NSi. The van der Waals surface area contributed by atoms with Gasteiger partial charge in [-0.3, -0.25) is 0 Å². The first kappa shape index (κ1) is 24.1. The number of benzene rings is 5. The van der Waals surface area contributed by atoms with Crippen molar-refractivity contribution in [2.45, 2.75) is 19.6 Å². The topological polar surface area (TPSA) is 12.9 Å². The lowest BCUT2D eigenvalue weighted by atomic mass is 9.97. The standard InChI is InChI=1S/C36H31NSi/c1-38(2,3)34-9-6-8-33(25-34)30-17-15-28(16-18-30)26-11-13-27(14-12-26)29-19-21-32(22-20-29)36-24-23-31-7-4-5-10-35(31)37-36/h4-25H,1-3H3. The van der Waals surface area contributed by atoms with E-state index < -0.39 is 8.07 Å². The van der Waals surface area contributed by atoms with Gasteiger partial charge in [-0.1, -0.05) is 146 Å². The van der Waals surface area contributed by atoms with Crippen molar-refractivity contribution in [2.75, 3.05) is 0 Å². The van der Waals surface area contributed by atoms with E-state index in [4.69, 9.17) is 4.98 Å². The van der Waals surface area contributed by atoms with Crippen molar-refractivity contribution < 1.29 is 0 Å². The summed E-state index contributed by atoms with van der Waals surface area (Å²) in [5.41, 5.74) is 10.6. The summed E-state index contributed by atoms with van der Waals surface area (Å²) in [4.78, 5) is 4.84. The smallest absolute Gasteiger partial charge is 0.0776 e. The average molecular weight is 506 g/mol. The Morgan fingerprint density at radius 2 is 0.921 bits per heavy atom. The highest BCUT2D eigenvalue weighted by atomic mass is 28.3. The highest BCUT2D eigenvalue weighted by Crippen LogP contribution is 2.29. The number of hydrogen-bond donors (Lipinski definition) is 0. The predicted octanol–water partition coefficient (Wildman–Crippen LogP) is 9.45. The van der Waals surface area contributed by atoms with Gasteiger partial charge in [0.2, 0.25) is 0 Å². The zero-order chi connectivity index (χ0) is 26.1. The Bertz CT molecular complexity index is 1710. The van der Waals surface area contributed by atoms with Gasteiger partial charge < -0.3 is 0 Å². The van der Waals surface area contributed by atoms with Crippen LogP contribution in [0.15, 0.2) is 133 Å². The van der Waals surface area contributed by atoms with Crippen molar-refractivity contribution in [1.82, 2.24) is 4.98 Å². The number of nitrogens with zero attached hydrogens (tertiary/aromatic N) is 1. The summed E-state index contributed by atoms with van der Waals surface area (Å²) >= 11 is 0. The first-order chi connectivity index (χ1) is 18.4. The number of para-hydroxylation sites is 1. The second-order valence-electron chi connectivity index (χ2n) is 11.0. The van der Waals surface area contributed by atoms with Gasteiger partial charge in [-0.05, 0) is 45.5 Å². The van der Waals surface area contributed by atoms with Crippen LogP contribution in [-0.4, -0.2) is 13.1 Å². The Labute approximate surface area is 226 Å². The Balaban J connectivity index is 1.20. The summed E-state index contributed by atoms with van der Waals surface area (Å²) in [6.07, 6.45) is 0. The number of pyridine rings is 1. The number of aromatic nitrogens is 1. The van der Waals surface area contributed by atoms with Crippen molar-refractivity contribution in [2.24, 2.45) is 0 Å². The summed E-state index contributed by atoms with van der Waals surface area (Å²) in [7, 11) is -1.33. The molecule has 0 unspecified atom stereocenters. The van der Waals surface area contributed by atoms with E-state index in [0.29, 0.717) is 0 Å². The van der Waals surface area contributed by atoms with Crippen LogP contribution in [0.4, 0.5) is 0 Å². The Morgan fingerprint density at radius 3 is 1.47 bits per heavy atom. The lowest BCUT2D eigenvalue weighted by molar-refractivity contribution is 1.40. The van der Waals surface area contributed by atoms with E-state index in [1.54, 1.807) is 0 Å². The molecule has 0 saturated heterocycles. The quantitative estimate of drug-likeness (QED) is 0.213. The van der Waals surface area contributed by atoms with Gasteiger partial charge in [0.05, 0.1) is 19.3 Å². The van der Waals surface area contributed by atoms with Crippen molar-refractivity contribution in [3.63, 3.8) is 0 Å². The van der Waals surface area contributed by atoms with Crippen LogP contribution in [0.25, 0.3) is 55.5 Å². The average Bonchev–Trinajstić information content (AvgIpc) is 2.97. The van der Waals surface area contributed by atoms with E-state index in [0.717, 1.165) is 16.8 Å². The van der Waals surface area contributed by atoms with Gasteiger partial charge in [0.25, 0.3) is 0 Å². The molecule has 0 N–H and O–H groups in total. The molecule has 6 rings (SSSR count). The van der Waals surface area contributed by atoms with E-state index in [9.17, 15) is 0 Å². The van der Waals surface area contributed by atoms with Crippen molar-refractivity contribution in [1.29, 1.82) is 0 Å². The van der Waals surface area contributed by atoms with Gasteiger partial charge in [-0.2, -0.15) is 0 Å². The third-order valence-electron chi connectivity index (χ3n) is 7.28. The van der Waals surface area contributed by atoms with Crippen molar-refractivity contribution in [3.8, 4) is 44.6 Å². The summed E-state index contributed by atoms with van der Waals surface area (Å²) in [6, 6.07) is 48.0. The third kappa shape index (κ3) is 4.96. The highest BCUT2D eigenvalue weighted by Gasteiger charge is 2.16. The van der Waals surface area contributed by atoms with Crippen molar-refractivity contribution in [3.05, 3.63) is 133 Å². The van der Waals surface area contributed by atoms with Gasteiger partial charge in [-0.25, -0.2) is 4.98 Å². The van der Waals surface area contributed by atoms with Gasteiger partial charge in [0.15, 0.2) is 0 Å². The van der Waals surface area contributed by atoms with Crippen LogP contribution in [0.1, 0.15) is 0 Å². The van der Waals surface area contributed by atoms with Crippen LogP contribution in [0.3, 0.4) is 0 Å². The minimum atomic E-state index is -1.33. The monoisotopic (exact) mass is 505 g/mol. The Kier molecular flexibility index (Phi) is 6.27. The lowest BCUT2D eigenvalue weighted by Gasteiger charge is -2.17. The predicted molar refractivity (Wildman–Crippen MR) is 166 cm³/mol. The van der Waals surface area contributed by atoms with E-state index in [2.05, 4.69) is 141 Å². The first-order valence-electron chi connectivity index (χ1n) is 13.2. The second kappa shape index (κ2) is 9.89.